The quantitative estimate of drug-likeness (QED) is 0.604. The fourth-order valence-corrected chi connectivity index (χ4v) is 2.39. The highest BCUT2D eigenvalue weighted by Crippen LogP contribution is 2.28. The van der Waals surface area contributed by atoms with E-state index in [1.165, 1.54) is 18.3 Å². The molecule has 0 saturated carbocycles. The third kappa shape index (κ3) is 4.78. The minimum Gasteiger partial charge on any atom is -0.406 e. The summed E-state index contributed by atoms with van der Waals surface area (Å²) in [5.41, 5.74) is 0.438. The van der Waals surface area contributed by atoms with Gasteiger partial charge in [-0.05, 0) is 36.2 Å². The lowest BCUT2D eigenvalue weighted by molar-refractivity contribution is -0.274. The Kier molecular flexibility index (Phi) is 5.01. The van der Waals surface area contributed by atoms with E-state index in [4.69, 9.17) is 0 Å². The van der Waals surface area contributed by atoms with Gasteiger partial charge >= 0.3 is 12.5 Å². The molecule has 0 amide bonds. The van der Waals surface area contributed by atoms with E-state index in [9.17, 15) is 26.3 Å². The van der Waals surface area contributed by atoms with Gasteiger partial charge in [0.05, 0.1) is 5.69 Å². The van der Waals surface area contributed by atoms with Crippen LogP contribution in [0.4, 0.5) is 26.3 Å². The maximum Gasteiger partial charge on any atom is 0.573 e. The van der Waals surface area contributed by atoms with Gasteiger partial charge in [-0.1, -0.05) is 12.1 Å². The van der Waals surface area contributed by atoms with Gasteiger partial charge in [-0.3, -0.25) is 0 Å². The summed E-state index contributed by atoms with van der Waals surface area (Å²) in [6.07, 6.45) is -6.80. The van der Waals surface area contributed by atoms with Gasteiger partial charge in [0.2, 0.25) is 0 Å². The maximum absolute atomic E-state index is 12.7. The molecule has 3 aromatic rings. The Bertz CT molecular complexity index is 980. The van der Waals surface area contributed by atoms with E-state index in [0.29, 0.717) is 16.8 Å². The Morgan fingerprint density at radius 2 is 1.82 bits per heavy atom. The van der Waals surface area contributed by atoms with Crippen molar-refractivity contribution in [1.29, 1.82) is 0 Å². The number of halogens is 6. The molecule has 0 bridgehead atoms. The van der Waals surface area contributed by atoms with Gasteiger partial charge < -0.3 is 4.74 Å². The van der Waals surface area contributed by atoms with Crippen LogP contribution in [0.5, 0.6) is 5.75 Å². The van der Waals surface area contributed by atoms with Crippen molar-refractivity contribution in [2.45, 2.75) is 25.9 Å². The van der Waals surface area contributed by atoms with E-state index >= 15 is 0 Å². The largest absolute Gasteiger partial charge is 0.573 e. The van der Waals surface area contributed by atoms with Crippen LogP contribution in [0.1, 0.15) is 22.5 Å². The second-order valence-corrected chi connectivity index (χ2v) is 5.82. The van der Waals surface area contributed by atoms with Crippen LogP contribution in [0.3, 0.4) is 0 Å². The normalized spacial score (nSPS) is 12.2. The van der Waals surface area contributed by atoms with Crippen molar-refractivity contribution >= 4 is 0 Å². The van der Waals surface area contributed by atoms with Gasteiger partial charge in [0.15, 0.2) is 5.69 Å². The molecule has 0 radical (unpaired) electrons. The fraction of sp³-hybridized carbons (Fsp3) is 0.235. The van der Waals surface area contributed by atoms with E-state index in [-0.39, 0.29) is 18.1 Å². The summed E-state index contributed by atoms with van der Waals surface area (Å²) in [6.45, 7) is 1.68. The molecule has 5 nitrogen and oxygen atoms in total. The zero-order valence-electron chi connectivity index (χ0n) is 14.2. The van der Waals surface area contributed by atoms with Crippen LogP contribution >= 0.6 is 0 Å². The molecule has 0 N–H and O–H groups in total. The molecule has 0 aliphatic heterocycles. The molecule has 2 heterocycles. The smallest absolute Gasteiger partial charge is 0.406 e. The van der Waals surface area contributed by atoms with E-state index in [2.05, 4.69) is 19.8 Å². The molecule has 28 heavy (non-hydrogen) atoms. The summed E-state index contributed by atoms with van der Waals surface area (Å²) in [6, 6.07) is 6.15. The molecule has 2 aromatic heterocycles. The van der Waals surface area contributed by atoms with Crippen molar-refractivity contribution in [3.05, 3.63) is 65.2 Å². The highest BCUT2D eigenvalue weighted by atomic mass is 19.4. The first-order valence-corrected chi connectivity index (χ1v) is 7.82. The molecule has 0 fully saturated rings. The lowest BCUT2D eigenvalue weighted by atomic mass is 10.1. The Balaban J connectivity index is 1.87. The van der Waals surface area contributed by atoms with Crippen molar-refractivity contribution in [2.24, 2.45) is 0 Å². The highest BCUT2D eigenvalue weighted by molar-refractivity contribution is 5.33. The second kappa shape index (κ2) is 7.13. The lowest BCUT2D eigenvalue weighted by Gasteiger charge is -2.11. The van der Waals surface area contributed by atoms with Crippen molar-refractivity contribution in [2.75, 3.05) is 0 Å². The predicted molar refractivity (Wildman–Crippen MR) is 84.8 cm³/mol. The minimum atomic E-state index is -4.81. The number of alkyl halides is 6. The zero-order valence-corrected chi connectivity index (χ0v) is 14.2. The SMILES string of the molecule is Cc1cnc(-n2ccc(C(F)(F)F)n2)nc1Cc1cccc(OC(F)(F)F)c1. The van der Waals surface area contributed by atoms with Crippen LogP contribution < -0.4 is 4.74 Å². The average molecular weight is 402 g/mol. The zero-order chi connectivity index (χ0) is 20.5. The van der Waals surface area contributed by atoms with Crippen molar-refractivity contribution in [1.82, 2.24) is 19.7 Å². The van der Waals surface area contributed by atoms with Crippen LogP contribution in [0, 0.1) is 6.92 Å². The third-order valence-electron chi connectivity index (χ3n) is 3.65. The number of hydrogen-bond acceptors (Lipinski definition) is 4. The van der Waals surface area contributed by atoms with Gasteiger partial charge in [-0.15, -0.1) is 13.2 Å². The average Bonchev–Trinajstić information content (AvgIpc) is 3.06. The van der Waals surface area contributed by atoms with Gasteiger partial charge in [-0.2, -0.15) is 18.3 Å². The lowest BCUT2D eigenvalue weighted by Crippen LogP contribution is -2.17. The van der Waals surface area contributed by atoms with Crippen molar-refractivity contribution < 1.29 is 31.1 Å². The number of rotatable bonds is 4. The monoisotopic (exact) mass is 402 g/mol. The highest BCUT2D eigenvalue weighted by Gasteiger charge is 2.34. The van der Waals surface area contributed by atoms with Crippen molar-refractivity contribution in [3.63, 3.8) is 0 Å². The molecule has 0 saturated heterocycles. The topological polar surface area (TPSA) is 52.8 Å². The number of ether oxygens (including phenoxy) is 1. The number of aryl methyl sites for hydroxylation is 1. The Labute approximate surface area is 154 Å². The van der Waals surface area contributed by atoms with Crippen LogP contribution in [-0.4, -0.2) is 26.1 Å². The second-order valence-electron chi connectivity index (χ2n) is 5.82. The first kappa shape index (κ1) is 19.6. The first-order valence-electron chi connectivity index (χ1n) is 7.82. The minimum absolute atomic E-state index is 0.0844. The summed E-state index contributed by atoms with van der Waals surface area (Å²) in [5.74, 6) is -0.461. The number of aromatic nitrogens is 4. The number of hydrogen-bond donors (Lipinski definition) is 0. The van der Waals surface area contributed by atoms with E-state index < -0.39 is 18.2 Å². The Morgan fingerprint density at radius 1 is 1.07 bits per heavy atom. The van der Waals surface area contributed by atoms with E-state index in [1.807, 2.05) is 0 Å². The Morgan fingerprint density at radius 3 is 2.46 bits per heavy atom. The molecular weight excluding hydrogens is 390 g/mol. The van der Waals surface area contributed by atoms with Gasteiger partial charge in [0.1, 0.15) is 5.75 Å². The number of nitrogens with zero attached hydrogens (tertiary/aromatic N) is 4. The van der Waals surface area contributed by atoms with E-state index in [0.717, 1.165) is 23.0 Å². The molecule has 1 aromatic carbocycles. The summed E-state index contributed by atoms with van der Waals surface area (Å²) < 4.78 is 79.9. The van der Waals surface area contributed by atoms with Gasteiger partial charge in [-0.25, -0.2) is 14.6 Å². The van der Waals surface area contributed by atoms with Crippen molar-refractivity contribution in [3.8, 4) is 11.7 Å². The first-order chi connectivity index (χ1) is 13.0. The van der Waals surface area contributed by atoms with Crippen LogP contribution in [-0.2, 0) is 12.6 Å². The standard InChI is InChI=1S/C17H12F6N4O/c1-10-9-24-15(27-6-5-14(26-27)16(18,19)20)25-13(10)8-11-3-2-4-12(7-11)28-17(21,22)23/h2-7,9H,8H2,1H3. The molecule has 0 atom stereocenters. The number of benzene rings is 1. The van der Waals surface area contributed by atoms with Crippen LogP contribution in [0.25, 0.3) is 5.95 Å². The third-order valence-corrected chi connectivity index (χ3v) is 3.65. The molecular formula is C17H12F6N4O. The summed E-state index contributed by atoms with van der Waals surface area (Å²) in [7, 11) is 0. The van der Waals surface area contributed by atoms with Gasteiger partial charge in [0, 0.05) is 18.8 Å². The summed E-state index contributed by atoms with van der Waals surface area (Å²) >= 11 is 0. The molecule has 11 heteroatoms. The fourth-order valence-electron chi connectivity index (χ4n) is 2.39. The van der Waals surface area contributed by atoms with Crippen LogP contribution in [0.15, 0.2) is 42.7 Å². The summed E-state index contributed by atoms with van der Waals surface area (Å²) in [4.78, 5) is 8.16. The predicted octanol–water partition coefficient (Wildman–Crippen LogP) is 4.48. The molecule has 3 rings (SSSR count). The Hall–Kier alpha value is -3.11. The maximum atomic E-state index is 12.7. The molecule has 148 valence electrons. The van der Waals surface area contributed by atoms with Crippen LogP contribution in [0.2, 0.25) is 0 Å². The molecule has 0 aliphatic rings. The van der Waals surface area contributed by atoms with Gasteiger partial charge in [0.25, 0.3) is 5.95 Å². The molecule has 0 spiro atoms. The molecule has 0 unspecified atom stereocenters. The van der Waals surface area contributed by atoms with E-state index in [1.54, 1.807) is 13.0 Å². The molecule has 0 aliphatic carbocycles. The summed E-state index contributed by atoms with van der Waals surface area (Å²) in [5, 5.41) is 3.41.